The number of ether oxygens (including phenoxy) is 1. The number of esters is 1. The summed E-state index contributed by atoms with van der Waals surface area (Å²) >= 11 is 0. The third-order valence-corrected chi connectivity index (χ3v) is 1.33. The Labute approximate surface area is 74.7 Å². The van der Waals surface area contributed by atoms with Crippen LogP contribution in [0.25, 0.3) is 0 Å². The van der Waals surface area contributed by atoms with Crippen LogP contribution in [0, 0.1) is 0 Å². The highest BCUT2D eigenvalue weighted by Gasteiger charge is 2.18. The molecule has 0 radical (unpaired) electrons. The normalized spacial score (nSPS) is 11.8. The van der Waals surface area contributed by atoms with Gasteiger partial charge in [0.2, 0.25) is 0 Å². The SMILES string of the molecule is COC(=O)CC(=O)CC(N)C(=O)O. The number of aliphatic carboxylic acids is 1. The van der Waals surface area contributed by atoms with Crippen molar-refractivity contribution in [2.45, 2.75) is 18.9 Å². The quantitative estimate of drug-likeness (QED) is 0.421. The molecule has 0 aliphatic heterocycles. The highest BCUT2D eigenvalue weighted by molar-refractivity contribution is 5.97. The van der Waals surface area contributed by atoms with E-state index in [9.17, 15) is 14.4 Å². The fraction of sp³-hybridized carbons (Fsp3) is 0.571. The Morgan fingerprint density at radius 1 is 1.46 bits per heavy atom. The van der Waals surface area contributed by atoms with Crippen LogP contribution in [0.15, 0.2) is 0 Å². The lowest BCUT2D eigenvalue weighted by molar-refractivity contribution is -0.145. The Hall–Kier alpha value is -1.43. The molecule has 0 aromatic rings. The molecule has 0 amide bonds. The molecule has 0 saturated carbocycles. The Bertz CT molecular complexity index is 225. The Kier molecular flexibility index (Phi) is 4.68. The lowest BCUT2D eigenvalue weighted by Crippen LogP contribution is -2.33. The molecule has 0 spiro atoms. The van der Waals surface area contributed by atoms with Crippen LogP contribution in [0.4, 0.5) is 0 Å². The maximum absolute atomic E-state index is 10.9. The second kappa shape index (κ2) is 5.26. The Balaban J connectivity index is 3.88. The first-order valence-electron chi connectivity index (χ1n) is 3.54. The molecule has 0 heterocycles. The second-order valence-corrected chi connectivity index (χ2v) is 2.44. The Morgan fingerprint density at radius 2 is 2.00 bits per heavy atom. The van der Waals surface area contributed by atoms with Crippen molar-refractivity contribution in [1.29, 1.82) is 0 Å². The zero-order valence-corrected chi connectivity index (χ0v) is 7.15. The van der Waals surface area contributed by atoms with E-state index in [2.05, 4.69) is 4.74 Å². The van der Waals surface area contributed by atoms with Gasteiger partial charge in [-0.05, 0) is 0 Å². The number of hydrogen-bond donors (Lipinski definition) is 2. The minimum absolute atomic E-state index is 0.357. The summed E-state index contributed by atoms with van der Waals surface area (Å²) < 4.78 is 4.21. The van der Waals surface area contributed by atoms with Gasteiger partial charge in [0.05, 0.1) is 7.11 Å². The van der Waals surface area contributed by atoms with Gasteiger partial charge in [-0.25, -0.2) is 0 Å². The summed E-state index contributed by atoms with van der Waals surface area (Å²) in [7, 11) is 1.15. The van der Waals surface area contributed by atoms with E-state index in [0.717, 1.165) is 7.11 Å². The third kappa shape index (κ3) is 4.91. The van der Waals surface area contributed by atoms with Crippen molar-refractivity contribution >= 4 is 17.7 Å². The monoisotopic (exact) mass is 189 g/mol. The minimum atomic E-state index is -1.27. The van der Waals surface area contributed by atoms with Gasteiger partial charge in [-0.1, -0.05) is 0 Å². The summed E-state index contributed by atoms with van der Waals surface area (Å²) in [4.78, 5) is 31.6. The largest absolute Gasteiger partial charge is 0.480 e. The molecule has 0 bridgehead atoms. The van der Waals surface area contributed by atoms with Crippen LogP contribution >= 0.6 is 0 Å². The highest BCUT2D eigenvalue weighted by atomic mass is 16.5. The number of Topliss-reactive ketones (excluding diaryl/α,β-unsaturated/α-hetero) is 1. The summed E-state index contributed by atoms with van der Waals surface area (Å²) in [5.41, 5.74) is 5.06. The molecule has 74 valence electrons. The number of carbonyl (C=O) groups excluding carboxylic acids is 2. The molecule has 13 heavy (non-hydrogen) atoms. The first-order valence-corrected chi connectivity index (χ1v) is 3.54. The summed E-state index contributed by atoms with van der Waals surface area (Å²) in [5.74, 6) is -2.50. The average Bonchev–Trinajstić information content (AvgIpc) is 2.03. The maximum Gasteiger partial charge on any atom is 0.320 e. The van der Waals surface area contributed by atoms with Crippen LogP contribution in [-0.2, 0) is 19.1 Å². The second-order valence-electron chi connectivity index (χ2n) is 2.44. The highest BCUT2D eigenvalue weighted by Crippen LogP contribution is 1.96. The van der Waals surface area contributed by atoms with Crippen molar-refractivity contribution in [2.24, 2.45) is 5.73 Å². The van der Waals surface area contributed by atoms with Gasteiger partial charge in [0.15, 0.2) is 0 Å². The molecule has 0 rings (SSSR count). The van der Waals surface area contributed by atoms with Crippen molar-refractivity contribution in [1.82, 2.24) is 0 Å². The molecule has 6 heteroatoms. The fourth-order valence-corrected chi connectivity index (χ4v) is 0.638. The van der Waals surface area contributed by atoms with Crippen LogP contribution in [0.1, 0.15) is 12.8 Å². The topological polar surface area (TPSA) is 107 Å². The number of rotatable bonds is 5. The number of ketones is 1. The number of carbonyl (C=O) groups is 3. The summed E-state index contributed by atoms with van der Waals surface area (Å²) in [6.45, 7) is 0. The molecule has 0 saturated heterocycles. The van der Waals surface area contributed by atoms with Crippen LogP contribution in [0.2, 0.25) is 0 Å². The van der Waals surface area contributed by atoms with E-state index in [0.29, 0.717) is 0 Å². The van der Waals surface area contributed by atoms with E-state index in [1.165, 1.54) is 0 Å². The van der Waals surface area contributed by atoms with E-state index < -0.39 is 30.2 Å². The molecule has 1 atom stereocenters. The lowest BCUT2D eigenvalue weighted by Gasteiger charge is -2.03. The number of hydrogen-bond acceptors (Lipinski definition) is 5. The molecule has 0 aromatic carbocycles. The summed E-state index contributed by atoms with van der Waals surface area (Å²) in [6.07, 6.45) is -0.790. The van der Waals surface area contributed by atoms with Crippen LogP contribution < -0.4 is 5.73 Å². The zero-order valence-electron chi connectivity index (χ0n) is 7.15. The zero-order chi connectivity index (χ0) is 10.4. The maximum atomic E-state index is 10.9. The molecule has 0 aliphatic carbocycles. The predicted molar refractivity (Wildman–Crippen MR) is 41.9 cm³/mol. The number of carboxylic acid groups (broad SMARTS) is 1. The fourth-order valence-electron chi connectivity index (χ4n) is 0.638. The molecular weight excluding hydrogens is 178 g/mol. The lowest BCUT2D eigenvalue weighted by atomic mass is 10.1. The Morgan fingerprint density at radius 3 is 2.38 bits per heavy atom. The van der Waals surface area contributed by atoms with E-state index in [4.69, 9.17) is 10.8 Å². The first kappa shape index (κ1) is 11.6. The smallest absolute Gasteiger partial charge is 0.320 e. The van der Waals surface area contributed by atoms with Crippen molar-refractivity contribution in [3.63, 3.8) is 0 Å². The molecule has 0 aliphatic rings. The molecule has 3 N–H and O–H groups in total. The molecule has 0 fully saturated rings. The van der Waals surface area contributed by atoms with Gasteiger partial charge in [-0.2, -0.15) is 0 Å². The van der Waals surface area contributed by atoms with Crippen molar-refractivity contribution in [2.75, 3.05) is 7.11 Å². The number of carboxylic acids is 1. The van der Waals surface area contributed by atoms with E-state index >= 15 is 0 Å². The average molecular weight is 189 g/mol. The molecule has 0 aromatic heterocycles. The minimum Gasteiger partial charge on any atom is -0.480 e. The van der Waals surface area contributed by atoms with Crippen LogP contribution in [-0.4, -0.2) is 36.0 Å². The van der Waals surface area contributed by atoms with Crippen molar-refractivity contribution < 1.29 is 24.2 Å². The van der Waals surface area contributed by atoms with Gasteiger partial charge >= 0.3 is 11.9 Å². The number of nitrogens with two attached hydrogens (primary N) is 1. The van der Waals surface area contributed by atoms with Gasteiger partial charge in [0.1, 0.15) is 18.2 Å². The summed E-state index contributed by atoms with van der Waals surface area (Å²) in [5, 5.41) is 8.33. The van der Waals surface area contributed by atoms with Crippen LogP contribution in [0.5, 0.6) is 0 Å². The molecule has 6 nitrogen and oxygen atoms in total. The molecular formula is C7H11NO5. The standard InChI is InChI=1S/C7H11NO5/c1-13-6(10)3-4(9)2-5(8)7(11)12/h5H,2-3,8H2,1H3,(H,11,12). The van der Waals surface area contributed by atoms with E-state index in [1.54, 1.807) is 0 Å². The molecule has 1 unspecified atom stereocenters. The van der Waals surface area contributed by atoms with Gasteiger partial charge in [0, 0.05) is 6.42 Å². The van der Waals surface area contributed by atoms with Gasteiger partial charge in [0.25, 0.3) is 0 Å². The predicted octanol–water partition coefficient (Wildman–Crippen LogP) is -1.08. The van der Waals surface area contributed by atoms with E-state index in [1.807, 2.05) is 0 Å². The van der Waals surface area contributed by atoms with Crippen molar-refractivity contribution in [3.8, 4) is 0 Å². The van der Waals surface area contributed by atoms with Gasteiger partial charge in [-0.3, -0.25) is 14.4 Å². The van der Waals surface area contributed by atoms with Crippen molar-refractivity contribution in [3.05, 3.63) is 0 Å². The summed E-state index contributed by atoms with van der Waals surface area (Å²) in [6, 6.07) is -1.25. The third-order valence-electron chi connectivity index (χ3n) is 1.33. The first-order chi connectivity index (χ1) is 5.97. The van der Waals surface area contributed by atoms with Gasteiger partial charge < -0.3 is 15.6 Å². The van der Waals surface area contributed by atoms with Crippen LogP contribution in [0.3, 0.4) is 0 Å². The number of methoxy groups -OCH3 is 1. The van der Waals surface area contributed by atoms with Gasteiger partial charge in [-0.15, -0.1) is 0 Å². The van der Waals surface area contributed by atoms with E-state index in [-0.39, 0.29) is 6.42 Å².